The number of carbonyl (C=O) groups is 1. The zero-order valence-electron chi connectivity index (χ0n) is 13.2. The number of carboxylic acids is 1. The van der Waals surface area contributed by atoms with Gasteiger partial charge in [0.05, 0.1) is 22.3 Å². The quantitative estimate of drug-likeness (QED) is 0.626. The van der Waals surface area contributed by atoms with Crippen LogP contribution in [0.2, 0.25) is 0 Å². The Hall–Kier alpha value is -2.61. The van der Waals surface area contributed by atoms with E-state index in [4.69, 9.17) is 11.5 Å². The molecule has 6 N–H and O–H groups in total. The van der Waals surface area contributed by atoms with Crippen LogP contribution in [0.5, 0.6) is 0 Å². The molecule has 0 atom stereocenters. The monoisotopic (exact) mass is 334 g/mol. The standard InChI is InChI=1S/C16H19FN4O3/c1-2-21-6-9(16(23)24)15(22)12-11(21)5-10(13(17)14(12)19)20-8-3-7(18)4-8/h5-8,20H,2-4,18-19H2,1H3,(H,23,24). The minimum atomic E-state index is -1.37. The number of hydrogen-bond donors (Lipinski definition) is 4. The van der Waals surface area contributed by atoms with E-state index in [1.165, 1.54) is 12.3 Å². The number of aromatic carboxylic acids is 1. The first kappa shape index (κ1) is 16.3. The second-order valence-electron chi connectivity index (χ2n) is 6.08. The maximum atomic E-state index is 14.6. The Balaban J connectivity index is 2.22. The van der Waals surface area contributed by atoms with Crippen LogP contribution in [0.3, 0.4) is 0 Å². The number of halogens is 1. The van der Waals surface area contributed by atoms with Gasteiger partial charge in [-0.25, -0.2) is 9.18 Å². The van der Waals surface area contributed by atoms with Crippen molar-refractivity contribution in [2.24, 2.45) is 5.73 Å². The molecule has 0 radical (unpaired) electrons. The third-order valence-corrected chi connectivity index (χ3v) is 4.45. The van der Waals surface area contributed by atoms with Crippen molar-refractivity contribution in [2.75, 3.05) is 11.1 Å². The molecule has 128 valence electrons. The summed E-state index contributed by atoms with van der Waals surface area (Å²) in [4.78, 5) is 23.6. The lowest BCUT2D eigenvalue weighted by Crippen LogP contribution is -2.44. The minimum Gasteiger partial charge on any atom is -0.477 e. The molecule has 1 fully saturated rings. The van der Waals surface area contributed by atoms with Gasteiger partial charge in [0.15, 0.2) is 5.82 Å². The van der Waals surface area contributed by atoms with Crippen LogP contribution in [-0.4, -0.2) is 27.7 Å². The van der Waals surface area contributed by atoms with E-state index in [1.54, 1.807) is 11.5 Å². The Kier molecular flexibility index (Phi) is 3.92. The summed E-state index contributed by atoms with van der Waals surface area (Å²) < 4.78 is 16.2. The van der Waals surface area contributed by atoms with E-state index in [-0.39, 0.29) is 28.8 Å². The zero-order valence-corrected chi connectivity index (χ0v) is 13.2. The van der Waals surface area contributed by atoms with E-state index in [9.17, 15) is 19.1 Å². The fraction of sp³-hybridized carbons (Fsp3) is 0.375. The number of benzene rings is 1. The minimum absolute atomic E-state index is 0.0615. The Morgan fingerprint density at radius 1 is 1.50 bits per heavy atom. The predicted octanol–water partition coefficient (Wildman–Crippen LogP) is 1.34. The molecule has 3 rings (SSSR count). The summed E-state index contributed by atoms with van der Waals surface area (Å²) in [5.74, 6) is -2.11. The van der Waals surface area contributed by atoms with Crippen LogP contribution in [0.4, 0.5) is 15.8 Å². The van der Waals surface area contributed by atoms with Crippen molar-refractivity contribution in [2.45, 2.75) is 38.4 Å². The van der Waals surface area contributed by atoms with Gasteiger partial charge in [0.2, 0.25) is 5.43 Å². The number of nitrogens with zero attached hydrogens (tertiary/aromatic N) is 1. The van der Waals surface area contributed by atoms with Gasteiger partial charge in [-0.1, -0.05) is 0 Å². The van der Waals surface area contributed by atoms with Crippen molar-refractivity contribution in [3.05, 3.63) is 33.9 Å². The lowest BCUT2D eigenvalue weighted by atomic mass is 9.87. The Bertz CT molecular complexity index is 887. The topological polar surface area (TPSA) is 123 Å². The molecule has 0 aliphatic heterocycles. The summed E-state index contributed by atoms with van der Waals surface area (Å²) in [5.41, 5.74) is 10.6. The average Bonchev–Trinajstić information content (AvgIpc) is 2.50. The number of anilines is 2. The van der Waals surface area contributed by atoms with Gasteiger partial charge in [0.1, 0.15) is 5.56 Å². The van der Waals surface area contributed by atoms with Crippen LogP contribution in [0, 0.1) is 5.82 Å². The molecular formula is C16H19FN4O3. The highest BCUT2D eigenvalue weighted by Gasteiger charge is 2.27. The molecule has 1 saturated carbocycles. The SMILES string of the molecule is CCn1cc(C(=O)O)c(=O)c2c(N)c(F)c(NC3CC(N)C3)cc21. The average molecular weight is 334 g/mol. The zero-order chi connectivity index (χ0) is 17.6. The van der Waals surface area contributed by atoms with E-state index in [0.717, 1.165) is 12.8 Å². The number of fused-ring (bicyclic) bond motifs is 1. The number of pyridine rings is 1. The van der Waals surface area contributed by atoms with Gasteiger partial charge in [0, 0.05) is 24.8 Å². The Morgan fingerprint density at radius 3 is 2.71 bits per heavy atom. The Morgan fingerprint density at radius 2 is 2.17 bits per heavy atom. The molecule has 24 heavy (non-hydrogen) atoms. The molecule has 0 spiro atoms. The van der Waals surface area contributed by atoms with Crippen molar-refractivity contribution in [3.8, 4) is 0 Å². The number of nitrogens with two attached hydrogens (primary N) is 2. The van der Waals surface area contributed by atoms with E-state index in [0.29, 0.717) is 12.1 Å². The molecule has 1 aliphatic rings. The lowest BCUT2D eigenvalue weighted by molar-refractivity contribution is 0.0695. The molecule has 0 bridgehead atoms. The van der Waals surface area contributed by atoms with Crippen molar-refractivity contribution in [3.63, 3.8) is 0 Å². The van der Waals surface area contributed by atoms with Crippen LogP contribution in [0.15, 0.2) is 17.1 Å². The largest absolute Gasteiger partial charge is 0.477 e. The summed E-state index contributed by atoms with van der Waals surface area (Å²) in [6.45, 7) is 2.21. The maximum Gasteiger partial charge on any atom is 0.341 e. The molecular weight excluding hydrogens is 315 g/mol. The predicted molar refractivity (Wildman–Crippen MR) is 89.8 cm³/mol. The van der Waals surface area contributed by atoms with E-state index < -0.39 is 22.8 Å². The van der Waals surface area contributed by atoms with Crippen LogP contribution in [-0.2, 0) is 6.54 Å². The van der Waals surface area contributed by atoms with Crippen molar-refractivity contribution in [1.82, 2.24) is 4.57 Å². The number of aryl methyl sites for hydroxylation is 1. The van der Waals surface area contributed by atoms with Gasteiger partial charge in [-0.05, 0) is 25.8 Å². The fourth-order valence-electron chi connectivity index (χ4n) is 3.07. The molecule has 1 aromatic heterocycles. The van der Waals surface area contributed by atoms with E-state index in [2.05, 4.69) is 5.32 Å². The van der Waals surface area contributed by atoms with Gasteiger partial charge in [-0.15, -0.1) is 0 Å². The smallest absolute Gasteiger partial charge is 0.341 e. The highest BCUT2D eigenvalue weighted by Crippen LogP contribution is 2.31. The Labute approximate surface area is 137 Å². The molecule has 7 nitrogen and oxygen atoms in total. The number of carboxylic acid groups (broad SMARTS) is 1. The molecule has 0 saturated heterocycles. The van der Waals surface area contributed by atoms with E-state index >= 15 is 0 Å². The fourth-order valence-corrected chi connectivity index (χ4v) is 3.07. The van der Waals surface area contributed by atoms with Gasteiger partial charge in [-0.2, -0.15) is 0 Å². The summed E-state index contributed by atoms with van der Waals surface area (Å²) in [6, 6.07) is 1.67. The van der Waals surface area contributed by atoms with Crippen molar-refractivity contribution >= 4 is 28.2 Å². The molecule has 0 unspecified atom stereocenters. The molecule has 8 heteroatoms. The third-order valence-electron chi connectivity index (χ3n) is 4.45. The van der Waals surface area contributed by atoms with Crippen LogP contribution in [0.1, 0.15) is 30.1 Å². The van der Waals surface area contributed by atoms with Crippen LogP contribution in [0.25, 0.3) is 10.9 Å². The van der Waals surface area contributed by atoms with Gasteiger partial charge < -0.3 is 26.5 Å². The molecule has 1 heterocycles. The van der Waals surface area contributed by atoms with Gasteiger partial charge >= 0.3 is 5.97 Å². The molecule has 2 aromatic rings. The summed E-state index contributed by atoms with van der Waals surface area (Å²) in [7, 11) is 0. The number of hydrogen-bond acceptors (Lipinski definition) is 5. The molecule has 1 aromatic carbocycles. The maximum absolute atomic E-state index is 14.6. The van der Waals surface area contributed by atoms with Gasteiger partial charge in [0.25, 0.3) is 0 Å². The highest BCUT2D eigenvalue weighted by molar-refractivity contribution is 5.99. The number of rotatable bonds is 4. The summed E-state index contributed by atoms with van der Waals surface area (Å²) >= 11 is 0. The first-order valence-corrected chi connectivity index (χ1v) is 7.74. The highest BCUT2D eigenvalue weighted by atomic mass is 19.1. The van der Waals surface area contributed by atoms with Crippen molar-refractivity contribution in [1.29, 1.82) is 0 Å². The van der Waals surface area contributed by atoms with Crippen molar-refractivity contribution < 1.29 is 14.3 Å². The number of nitrogens with one attached hydrogen (secondary N) is 1. The second-order valence-corrected chi connectivity index (χ2v) is 6.08. The summed E-state index contributed by atoms with van der Waals surface area (Å²) in [5, 5.41) is 12.1. The van der Waals surface area contributed by atoms with Gasteiger partial charge in [-0.3, -0.25) is 4.79 Å². The summed E-state index contributed by atoms with van der Waals surface area (Å²) in [6.07, 6.45) is 2.72. The number of nitrogen functional groups attached to an aromatic ring is 1. The number of aromatic nitrogens is 1. The first-order valence-electron chi connectivity index (χ1n) is 7.74. The first-order chi connectivity index (χ1) is 11.3. The normalized spacial score (nSPS) is 20.0. The van der Waals surface area contributed by atoms with E-state index in [1.807, 2.05) is 0 Å². The van der Waals surface area contributed by atoms with Crippen LogP contribution < -0.4 is 22.2 Å². The third kappa shape index (κ3) is 2.48. The molecule has 1 aliphatic carbocycles. The lowest BCUT2D eigenvalue weighted by Gasteiger charge is -2.34. The van der Waals surface area contributed by atoms with Crippen LogP contribution >= 0.6 is 0 Å². The second kappa shape index (κ2) is 5.79. The molecule has 0 amide bonds.